The second-order valence-corrected chi connectivity index (χ2v) is 11.7. The minimum Gasteiger partial charge on any atom is -0.508 e. The molecule has 9 heteroatoms. The SMILES string of the molecule is CCN(CC)C1CCN(c2cnc(-c3cc(C)cc(C(=O)NC(c4cc5ccccc5[nH]4)c4cc(F)ccc4O)c3)nc2)CC1. The number of rotatable bonds is 9. The number of amides is 1. The second-order valence-electron chi connectivity index (χ2n) is 11.7. The number of phenolic OH excluding ortho intramolecular Hbond substituents is 1. The number of piperidine rings is 1. The Labute approximate surface area is 262 Å². The number of aryl methyl sites for hydroxylation is 1. The van der Waals surface area contributed by atoms with Gasteiger partial charge in [-0.1, -0.05) is 32.0 Å². The van der Waals surface area contributed by atoms with Crippen LogP contribution in [0.5, 0.6) is 5.75 Å². The van der Waals surface area contributed by atoms with E-state index < -0.39 is 11.9 Å². The Morgan fingerprint density at radius 1 is 1.04 bits per heavy atom. The van der Waals surface area contributed by atoms with Crippen LogP contribution in [0, 0.1) is 12.7 Å². The molecule has 1 atom stereocenters. The molecular formula is C36H39FN6O2. The van der Waals surface area contributed by atoms with Gasteiger partial charge in [-0.3, -0.25) is 4.79 Å². The molecule has 3 aromatic carbocycles. The molecule has 8 nitrogen and oxygen atoms in total. The van der Waals surface area contributed by atoms with Crippen molar-refractivity contribution in [3.8, 4) is 17.1 Å². The van der Waals surface area contributed by atoms with Crippen molar-refractivity contribution < 1.29 is 14.3 Å². The van der Waals surface area contributed by atoms with E-state index in [2.05, 4.69) is 43.9 Å². The van der Waals surface area contributed by atoms with E-state index >= 15 is 0 Å². The number of carbonyl (C=O) groups excluding carboxylic acids is 1. The highest BCUT2D eigenvalue weighted by Gasteiger charge is 2.25. The van der Waals surface area contributed by atoms with Crippen molar-refractivity contribution in [2.45, 2.75) is 45.7 Å². The maximum absolute atomic E-state index is 14.4. The van der Waals surface area contributed by atoms with Crippen LogP contribution in [0.2, 0.25) is 0 Å². The summed E-state index contributed by atoms with van der Waals surface area (Å²) in [6.07, 6.45) is 5.96. The lowest BCUT2D eigenvalue weighted by Gasteiger charge is -2.38. The molecule has 3 heterocycles. The van der Waals surface area contributed by atoms with Gasteiger partial charge in [-0.2, -0.15) is 0 Å². The number of aromatic hydroxyl groups is 1. The Hall–Kier alpha value is -4.76. The lowest BCUT2D eigenvalue weighted by atomic mass is 10.0. The number of para-hydroxylation sites is 1. The summed E-state index contributed by atoms with van der Waals surface area (Å²) < 4.78 is 14.4. The number of aromatic amines is 1. The zero-order valence-electron chi connectivity index (χ0n) is 25.9. The Kier molecular flexibility index (Phi) is 8.80. The van der Waals surface area contributed by atoms with Crippen LogP contribution in [0.15, 0.2) is 79.1 Å². The van der Waals surface area contributed by atoms with E-state index in [-0.39, 0.29) is 17.2 Å². The molecule has 0 saturated carbocycles. The molecule has 45 heavy (non-hydrogen) atoms. The molecule has 1 amide bonds. The third kappa shape index (κ3) is 6.54. The molecule has 5 aromatic rings. The van der Waals surface area contributed by atoms with E-state index in [1.807, 2.05) is 55.7 Å². The van der Waals surface area contributed by atoms with Gasteiger partial charge in [0.1, 0.15) is 11.6 Å². The first-order chi connectivity index (χ1) is 21.8. The van der Waals surface area contributed by atoms with Gasteiger partial charge in [-0.05, 0) is 92.3 Å². The van der Waals surface area contributed by atoms with Crippen LogP contribution in [-0.4, -0.2) is 63.1 Å². The van der Waals surface area contributed by atoms with Gasteiger partial charge >= 0.3 is 0 Å². The molecule has 1 aliphatic rings. The van der Waals surface area contributed by atoms with Gasteiger partial charge in [0.05, 0.1) is 24.1 Å². The standard InChI is InChI=1S/C36H39FN6O2/c1-4-42(5-2)28-12-14-43(15-13-28)29-21-38-35(39-22-29)25-16-23(3)17-26(18-25)36(45)41-34(30-20-27(37)10-11-33(30)44)32-19-24-8-6-7-9-31(24)40-32/h6-11,16-22,28,34,40,44H,4-5,12-15H2,1-3H3,(H,41,45). The van der Waals surface area contributed by atoms with Gasteiger partial charge in [-0.15, -0.1) is 0 Å². The first-order valence-corrected chi connectivity index (χ1v) is 15.6. The molecule has 6 rings (SSSR count). The van der Waals surface area contributed by atoms with Crippen LogP contribution in [0.1, 0.15) is 59.9 Å². The number of H-pyrrole nitrogens is 1. The fourth-order valence-electron chi connectivity index (χ4n) is 6.45. The highest BCUT2D eigenvalue weighted by Crippen LogP contribution is 2.32. The van der Waals surface area contributed by atoms with Crippen LogP contribution in [0.4, 0.5) is 10.1 Å². The van der Waals surface area contributed by atoms with E-state index in [1.165, 1.54) is 18.2 Å². The molecule has 0 aliphatic carbocycles. The van der Waals surface area contributed by atoms with Crippen molar-refractivity contribution >= 4 is 22.5 Å². The topological polar surface area (TPSA) is 97.4 Å². The number of nitrogens with zero attached hydrogens (tertiary/aromatic N) is 4. The van der Waals surface area contributed by atoms with Crippen molar-refractivity contribution in [3.05, 3.63) is 107 Å². The molecule has 0 bridgehead atoms. The smallest absolute Gasteiger partial charge is 0.252 e. The maximum atomic E-state index is 14.4. The fourth-order valence-corrected chi connectivity index (χ4v) is 6.45. The van der Waals surface area contributed by atoms with Crippen molar-refractivity contribution in [3.63, 3.8) is 0 Å². The lowest BCUT2D eigenvalue weighted by molar-refractivity contribution is 0.0942. The average Bonchev–Trinajstić information content (AvgIpc) is 3.50. The monoisotopic (exact) mass is 606 g/mol. The number of aromatic nitrogens is 3. The minimum absolute atomic E-state index is 0.115. The third-order valence-corrected chi connectivity index (χ3v) is 8.83. The molecule has 1 saturated heterocycles. The maximum Gasteiger partial charge on any atom is 0.252 e. The lowest BCUT2D eigenvalue weighted by Crippen LogP contribution is -2.44. The third-order valence-electron chi connectivity index (χ3n) is 8.83. The van der Waals surface area contributed by atoms with E-state index in [0.717, 1.165) is 66.7 Å². The summed E-state index contributed by atoms with van der Waals surface area (Å²) in [7, 11) is 0. The Morgan fingerprint density at radius 3 is 2.49 bits per heavy atom. The summed E-state index contributed by atoms with van der Waals surface area (Å²) in [5.74, 6) is -0.467. The second kappa shape index (κ2) is 13.1. The number of fused-ring (bicyclic) bond motifs is 1. The van der Waals surface area contributed by atoms with Crippen molar-refractivity contribution in [1.82, 2.24) is 25.2 Å². The number of hydrogen-bond donors (Lipinski definition) is 3. The first-order valence-electron chi connectivity index (χ1n) is 15.6. The highest BCUT2D eigenvalue weighted by molar-refractivity contribution is 5.96. The van der Waals surface area contributed by atoms with Crippen molar-refractivity contribution in [2.24, 2.45) is 0 Å². The van der Waals surface area contributed by atoms with Crippen LogP contribution >= 0.6 is 0 Å². The number of hydrogen-bond acceptors (Lipinski definition) is 6. The van der Waals surface area contributed by atoms with Crippen molar-refractivity contribution in [1.29, 1.82) is 0 Å². The predicted molar refractivity (Wildman–Crippen MR) is 176 cm³/mol. The summed E-state index contributed by atoms with van der Waals surface area (Å²) in [5, 5.41) is 14.6. The summed E-state index contributed by atoms with van der Waals surface area (Å²) in [4.78, 5) is 31.3. The van der Waals surface area contributed by atoms with Gasteiger partial charge in [0, 0.05) is 47.0 Å². The van der Waals surface area contributed by atoms with Gasteiger partial charge in [-0.25, -0.2) is 14.4 Å². The van der Waals surface area contributed by atoms with E-state index in [0.29, 0.717) is 23.1 Å². The van der Waals surface area contributed by atoms with Gasteiger partial charge in [0.2, 0.25) is 0 Å². The van der Waals surface area contributed by atoms with Crippen LogP contribution in [-0.2, 0) is 0 Å². The van der Waals surface area contributed by atoms with Crippen LogP contribution < -0.4 is 10.2 Å². The molecular weight excluding hydrogens is 567 g/mol. The number of halogens is 1. The molecule has 2 aromatic heterocycles. The summed E-state index contributed by atoms with van der Waals surface area (Å²) >= 11 is 0. The zero-order valence-corrected chi connectivity index (χ0v) is 25.9. The van der Waals surface area contributed by atoms with Crippen molar-refractivity contribution in [2.75, 3.05) is 31.1 Å². The quantitative estimate of drug-likeness (QED) is 0.175. The molecule has 3 N–H and O–H groups in total. The Morgan fingerprint density at radius 2 is 1.78 bits per heavy atom. The zero-order chi connectivity index (χ0) is 31.5. The van der Waals surface area contributed by atoms with Crippen LogP contribution in [0.3, 0.4) is 0 Å². The van der Waals surface area contributed by atoms with Gasteiger partial charge in [0.25, 0.3) is 5.91 Å². The van der Waals surface area contributed by atoms with Gasteiger partial charge in [0.15, 0.2) is 5.82 Å². The molecule has 1 unspecified atom stereocenters. The molecule has 0 spiro atoms. The van der Waals surface area contributed by atoms with Gasteiger partial charge < -0.3 is 25.2 Å². The number of benzene rings is 3. The number of phenols is 1. The fraction of sp³-hybridized carbons (Fsp3) is 0.306. The number of nitrogens with one attached hydrogen (secondary N) is 2. The summed E-state index contributed by atoms with van der Waals surface area (Å²) in [6.45, 7) is 10.5. The van der Waals surface area contributed by atoms with E-state index in [9.17, 15) is 14.3 Å². The average molecular weight is 607 g/mol. The normalized spacial score (nSPS) is 14.6. The highest BCUT2D eigenvalue weighted by atomic mass is 19.1. The Bertz CT molecular complexity index is 1760. The minimum atomic E-state index is -0.828. The van der Waals surface area contributed by atoms with Crippen LogP contribution in [0.25, 0.3) is 22.3 Å². The summed E-state index contributed by atoms with van der Waals surface area (Å²) in [5.41, 5.74) is 4.75. The molecule has 0 radical (unpaired) electrons. The summed E-state index contributed by atoms with van der Waals surface area (Å²) in [6, 6.07) is 18.6. The molecule has 232 valence electrons. The number of anilines is 1. The number of carbonyl (C=O) groups is 1. The first kappa shape index (κ1) is 30.3. The molecule has 1 fully saturated rings. The Balaban J connectivity index is 1.23. The van der Waals surface area contributed by atoms with E-state index in [4.69, 9.17) is 0 Å². The van der Waals surface area contributed by atoms with E-state index in [1.54, 1.807) is 12.1 Å². The largest absolute Gasteiger partial charge is 0.508 e. The predicted octanol–water partition coefficient (Wildman–Crippen LogP) is 6.61. The molecule has 1 aliphatic heterocycles.